The van der Waals surface area contributed by atoms with E-state index in [4.69, 9.17) is 10.5 Å². The first-order valence-electron chi connectivity index (χ1n) is 6.12. The Bertz CT molecular complexity index is 235. The molecule has 0 aromatic carbocycles. The van der Waals surface area contributed by atoms with Crippen molar-refractivity contribution in [3.63, 3.8) is 0 Å². The number of rotatable bonds is 8. The molecule has 102 valence electrons. The molecule has 1 unspecified atom stereocenters. The largest absolute Gasteiger partial charge is 0.385 e. The smallest absolute Gasteiger partial charge is 0.220 e. The zero-order valence-corrected chi connectivity index (χ0v) is 11.6. The van der Waals surface area contributed by atoms with E-state index in [0.717, 1.165) is 19.4 Å². The molecule has 1 aliphatic carbocycles. The van der Waals surface area contributed by atoms with E-state index in [-0.39, 0.29) is 23.9 Å². The number of hydrogen-bond acceptors (Lipinski definition) is 3. The van der Waals surface area contributed by atoms with E-state index >= 15 is 0 Å². The number of methoxy groups -OCH3 is 1. The van der Waals surface area contributed by atoms with E-state index < -0.39 is 0 Å². The molecule has 5 heteroatoms. The Morgan fingerprint density at radius 2 is 2.12 bits per heavy atom. The number of hydrogen-bond donors (Lipinski definition) is 2. The average molecular weight is 265 g/mol. The van der Waals surface area contributed by atoms with Crippen molar-refractivity contribution in [3.8, 4) is 0 Å². The number of unbranched alkanes of at least 4 members (excludes halogenated alkanes) is 1. The Balaban J connectivity index is 0.00000256. The molecular weight excluding hydrogens is 240 g/mol. The lowest BCUT2D eigenvalue weighted by molar-refractivity contribution is -0.123. The number of amides is 1. The topological polar surface area (TPSA) is 64.3 Å². The van der Waals surface area contributed by atoms with Crippen LogP contribution in [0, 0.1) is 5.92 Å². The van der Waals surface area contributed by atoms with Gasteiger partial charge in [-0.15, -0.1) is 12.4 Å². The molecule has 1 aliphatic rings. The molecule has 0 radical (unpaired) electrons. The second kappa shape index (κ2) is 7.90. The normalized spacial score (nSPS) is 18.1. The van der Waals surface area contributed by atoms with Crippen molar-refractivity contribution in [2.24, 2.45) is 11.7 Å². The molecule has 0 spiro atoms. The van der Waals surface area contributed by atoms with Gasteiger partial charge in [-0.1, -0.05) is 0 Å². The van der Waals surface area contributed by atoms with Gasteiger partial charge in [0.2, 0.25) is 5.91 Å². The van der Waals surface area contributed by atoms with Crippen LogP contribution in [-0.4, -0.2) is 31.7 Å². The molecule has 17 heavy (non-hydrogen) atoms. The fourth-order valence-electron chi connectivity index (χ4n) is 1.95. The van der Waals surface area contributed by atoms with Crippen molar-refractivity contribution in [1.29, 1.82) is 0 Å². The van der Waals surface area contributed by atoms with Crippen LogP contribution in [0.2, 0.25) is 0 Å². The minimum atomic E-state index is -0.182. The highest BCUT2D eigenvalue weighted by atomic mass is 35.5. The molecule has 0 aliphatic heterocycles. The first kappa shape index (κ1) is 16.7. The molecular formula is C12H25ClN2O2. The molecule has 1 atom stereocenters. The number of halogens is 1. The van der Waals surface area contributed by atoms with E-state index in [0.29, 0.717) is 18.9 Å². The Kier molecular flexibility index (Phi) is 7.75. The van der Waals surface area contributed by atoms with Crippen molar-refractivity contribution in [2.45, 2.75) is 44.6 Å². The van der Waals surface area contributed by atoms with Crippen LogP contribution < -0.4 is 11.1 Å². The van der Waals surface area contributed by atoms with Gasteiger partial charge in [0.1, 0.15) is 0 Å². The van der Waals surface area contributed by atoms with Crippen molar-refractivity contribution in [1.82, 2.24) is 5.32 Å². The Hall–Kier alpha value is -0.320. The average Bonchev–Trinajstić information content (AvgIpc) is 3.08. The maximum atomic E-state index is 11.7. The zero-order chi connectivity index (χ0) is 12.0. The summed E-state index contributed by atoms with van der Waals surface area (Å²) in [5.41, 5.74) is 5.56. The molecule has 1 rings (SSSR count). The van der Waals surface area contributed by atoms with Crippen molar-refractivity contribution in [2.75, 3.05) is 20.3 Å². The molecule has 0 aromatic heterocycles. The van der Waals surface area contributed by atoms with E-state index in [2.05, 4.69) is 12.2 Å². The predicted molar refractivity (Wildman–Crippen MR) is 71.3 cm³/mol. The standard InChI is InChI=1S/C12H24N2O2.ClH/c1-12(9-13,10-6-7-10)14-11(15)5-3-4-8-16-2;/h10H,3-9,13H2,1-2H3,(H,14,15);1H. The lowest BCUT2D eigenvalue weighted by atomic mass is 9.95. The Morgan fingerprint density at radius 3 is 2.59 bits per heavy atom. The van der Waals surface area contributed by atoms with Crippen LogP contribution >= 0.6 is 12.4 Å². The first-order valence-corrected chi connectivity index (χ1v) is 6.12. The van der Waals surface area contributed by atoms with E-state index in [1.165, 1.54) is 12.8 Å². The fourth-order valence-corrected chi connectivity index (χ4v) is 1.95. The van der Waals surface area contributed by atoms with Gasteiger partial charge in [-0.3, -0.25) is 4.79 Å². The lowest BCUT2D eigenvalue weighted by Crippen LogP contribution is -2.53. The highest BCUT2D eigenvalue weighted by molar-refractivity contribution is 5.85. The molecule has 0 aromatic rings. The molecule has 0 heterocycles. The van der Waals surface area contributed by atoms with Crippen LogP contribution in [0.1, 0.15) is 39.0 Å². The first-order chi connectivity index (χ1) is 7.62. The van der Waals surface area contributed by atoms with E-state index in [1.54, 1.807) is 7.11 Å². The van der Waals surface area contributed by atoms with Gasteiger partial charge in [0.05, 0.1) is 5.54 Å². The van der Waals surface area contributed by atoms with Crippen LogP contribution in [-0.2, 0) is 9.53 Å². The fraction of sp³-hybridized carbons (Fsp3) is 0.917. The second-order valence-corrected chi connectivity index (χ2v) is 4.89. The van der Waals surface area contributed by atoms with Crippen LogP contribution in [0.5, 0.6) is 0 Å². The predicted octanol–water partition coefficient (Wildman–Crippen LogP) is 1.47. The molecule has 0 saturated heterocycles. The minimum absolute atomic E-state index is 0. The summed E-state index contributed by atoms with van der Waals surface area (Å²) in [5.74, 6) is 0.705. The monoisotopic (exact) mass is 264 g/mol. The van der Waals surface area contributed by atoms with Gasteiger partial charge in [0.25, 0.3) is 0 Å². The van der Waals surface area contributed by atoms with Crippen LogP contribution in [0.3, 0.4) is 0 Å². The lowest BCUT2D eigenvalue weighted by Gasteiger charge is -2.29. The summed E-state index contributed by atoms with van der Waals surface area (Å²) in [7, 11) is 1.68. The van der Waals surface area contributed by atoms with Crippen molar-refractivity contribution >= 4 is 18.3 Å². The van der Waals surface area contributed by atoms with Gasteiger partial charge >= 0.3 is 0 Å². The summed E-state index contributed by atoms with van der Waals surface area (Å²) in [6.07, 6.45) is 4.78. The summed E-state index contributed by atoms with van der Waals surface area (Å²) in [6, 6.07) is 0. The number of nitrogens with two attached hydrogens (primary N) is 1. The highest BCUT2D eigenvalue weighted by Crippen LogP contribution is 2.38. The minimum Gasteiger partial charge on any atom is -0.385 e. The van der Waals surface area contributed by atoms with Gasteiger partial charge in [0.15, 0.2) is 0 Å². The van der Waals surface area contributed by atoms with E-state index in [1.807, 2.05) is 0 Å². The molecule has 1 fully saturated rings. The van der Waals surface area contributed by atoms with Gasteiger partial charge in [-0.25, -0.2) is 0 Å². The maximum absolute atomic E-state index is 11.7. The van der Waals surface area contributed by atoms with Gasteiger partial charge in [-0.2, -0.15) is 0 Å². The molecule has 4 nitrogen and oxygen atoms in total. The molecule has 3 N–H and O–H groups in total. The van der Waals surface area contributed by atoms with Gasteiger partial charge < -0.3 is 15.8 Å². The number of carbonyl (C=O) groups excluding carboxylic acids is 1. The van der Waals surface area contributed by atoms with Gasteiger partial charge in [-0.05, 0) is 38.5 Å². The summed E-state index contributed by atoms with van der Waals surface area (Å²) in [6.45, 7) is 3.31. The Morgan fingerprint density at radius 1 is 1.47 bits per heavy atom. The third-order valence-corrected chi connectivity index (χ3v) is 3.33. The van der Waals surface area contributed by atoms with Crippen LogP contribution in [0.4, 0.5) is 0 Å². The number of carbonyl (C=O) groups is 1. The molecule has 1 amide bonds. The molecule has 0 bridgehead atoms. The zero-order valence-electron chi connectivity index (χ0n) is 10.8. The number of nitrogens with one attached hydrogen (secondary N) is 1. The van der Waals surface area contributed by atoms with Crippen LogP contribution in [0.25, 0.3) is 0 Å². The highest BCUT2D eigenvalue weighted by Gasteiger charge is 2.41. The summed E-state index contributed by atoms with van der Waals surface area (Å²) < 4.78 is 4.94. The third kappa shape index (κ3) is 5.70. The van der Waals surface area contributed by atoms with E-state index in [9.17, 15) is 4.79 Å². The quantitative estimate of drug-likeness (QED) is 0.653. The van der Waals surface area contributed by atoms with Crippen LogP contribution in [0.15, 0.2) is 0 Å². The summed E-state index contributed by atoms with van der Waals surface area (Å²) in [5, 5.41) is 3.08. The second-order valence-electron chi connectivity index (χ2n) is 4.89. The van der Waals surface area contributed by atoms with Gasteiger partial charge in [0, 0.05) is 26.7 Å². The van der Waals surface area contributed by atoms with Crippen molar-refractivity contribution < 1.29 is 9.53 Å². The van der Waals surface area contributed by atoms with Crippen molar-refractivity contribution in [3.05, 3.63) is 0 Å². The summed E-state index contributed by atoms with van der Waals surface area (Å²) in [4.78, 5) is 11.7. The molecule has 1 saturated carbocycles. The maximum Gasteiger partial charge on any atom is 0.220 e. The summed E-state index contributed by atoms with van der Waals surface area (Å²) >= 11 is 0. The number of ether oxygens (including phenoxy) is 1. The third-order valence-electron chi connectivity index (χ3n) is 3.33. The Labute approximate surface area is 110 Å². The SMILES string of the molecule is COCCCCC(=O)NC(C)(CN)C1CC1.Cl.